The van der Waals surface area contributed by atoms with Gasteiger partial charge in [-0.15, -0.1) is 4.72 Å². The SMILES string of the molecule is CN[S+]([O-])c1ccc(-c2ccc(C[C@@H](C#N)NC(=O)[C@H]3N[C@H]4C[C@@H]3[C@@H]3C[C@@H]34)c(F)c2)cc1. The molecule has 1 heterocycles. The molecule has 0 spiro atoms. The summed E-state index contributed by atoms with van der Waals surface area (Å²) in [6.45, 7) is 0. The van der Waals surface area contributed by atoms with Crippen molar-refractivity contribution >= 4 is 17.3 Å². The molecule has 1 amide bonds. The third-order valence-corrected chi connectivity index (χ3v) is 8.20. The second-order valence-electron chi connectivity index (χ2n) is 8.91. The summed E-state index contributed by atoms with van der Waals surface area (Å²) in [6, 6.07) is 13.5. The number of nitrogens with one attached hydrogen (secondary N) is 3. The Labute approximate surface area is 189 Å². The van der Waals surface area contributed by atoms with Crippen LogP contribution in [-0.4, -0.2) is 35.6 Å². The Hall–Kier alpha value is -2.44. The van der Waals surface area contributed by atoms with Crippen molar-refractivity contribution in [3.05, 3.63) is 53.8 Å². The Morgan fingerprint density at radius 2 is 1.97 bits per heavy atom. The number of carbonyl (C=O) groups excluding carboxylic acids is 1. The summed E-state index contributed by atoms with van der Waals surface area (Å²) in [5, 5.41) is 15.8. The van der Waals surface area contributed by atoms with E-state index < -0.39 is 23.2 Å². The lowest BCUT2D eigenvalue weighted by Gasteiger charge is -2.23. The summed E-state index contributed by atoms with van der Waals surface area (Å²) in [6.07, 6.45) is 2.37. The molecule has 1 saturated heterocycles. The Morgan fingerprint density at radius 3 is 2.59 bits per heavy atom. The largest absolute Gasteiger partial charge is 0.593 e. The highest BCUT2D eigenvalue weighted by molar-refractivity contribution is 7.89. The van der Waals surface area contributed by atoms with Crippen molar-refractivity contribution in [1.29, 1.82) is 5.26 Å². The number of fused-ring (bicyclic) bond motifs is 5. The second-order valence-corrected chi connectivity index (χ2v) is 10.3. The Kier molecular flexibility index (Phi) is 5.68. The van der Waals surface area contributed by atoms with Gasteiger partial charge in [0.2, 0.25) is 5.91 Å². The molecular formula is C24H25FN4O2S. The molecular weight excluding hydrogens is 427 g/mol. The van der Waals surface area contributed by atoms with E-state index in [9.17, 15) is 19.0 Å². The summed E-state index contributed by atoms with van der Waals surface area (Å²) in [5.41, 5.74) is 1.88. The number of carbonyl (C=O) groups is 1. The van der Waals surface area contributed by atoms with E-state index in [0.717, 1.165) is 17.9 Å². The molecule has 2 saturated carbocycles. The number of nitriles is 1. The molecule has 1 aliphatic heterocycles. The molecule has 2 aliphatic carbocycles. The third kappa shape index (κ3) is 3.90. The van der Waals surface area contributed by atoms with E-state index in [0.29, 0.717) is 33.9 Å². The van der Waals surface area contributed by atoms with E-state index in [2.05, 4.69) is 21.4 Å². The van der Waals surface area contributed by atoms with E-state index >= 15 is 0 Å². The van der Waals surface area contributed by atoms with Gasteiger partial charge < -0.3 is 15.2 Å². The molecule has 5 rings (SSSR count). The summed E-state index contributed by atoms with van der Waals surface area (Å²) >= 11 is -1.27. The fraction of sp³-hybridized carbons (Fsp3) is 0.417. The zero-order chi connectivity index (χ0) is 22.4. The van der Waals surface area contributed by atoms with Crippen LogP contribution in [0.15, 0.2) is 47.4 Å². The standard InChI is InChI=1S/C24H25FN4O2S/c1-27-32(31)17-6-4-13(5-7-17)14-2-3-15(21(25)9-14)8-16(12-26)28-24(30)23-20-11-22(29-23)19-10-18(19)20/h2-7,9,16,18-20,22-23,27,29H,8,10-11H2,1H3,(H,28,30)/t16-,18+,19-,20+,22-,23-,32?/m0/s1. The smallest absolute Gasteiger partial charge is 0.238 e. The fourth-order valence-corrected chi connectivity index (χ4v) is 6.04. The summed E-state index contributed by atoms with van der Waals surface area (Å²) in [4.78, 5) is 13.4. The molecule has 32 heavy (non-hydrogen) atoms. The van der Waals surface area contributed by atoms with E-state index in [1.54, 1.807) is 43.4 Å². The van der Waals surface area contributed by atoms with Crippen LogP contribution in [-0.2, 0) is 22.6 Å². The highest BCUT2D eigenvalue weighted by Crippen LogP contribution is 2.59. The quantitative estimate of drug-likeness (QED) is 0.560. The van der Waals surface area contributed by atoms with Crippen molar-refractivity contribution in [2.45, 2.75) is 42.3 Å². The van der Waals surface area contributed by atoms with Crippen LogP contribution in [0, 0.1) is 34.9 Å². The minimum atomic E-state index is -1.27. The molecule has 3 N–H and O–H groups in total. The predicted molar refractivity (Wildman–Crippen MR) is 119 cm³/mol. The van der Waals surface area contributed by atoms with Gasteiger partial charge in [-0.2, -0.15) is 5.26 Å². The fourth-order valence-electron chi connectivity index (χ4n) is 5.42. The van der Waals surface area contributed by atoms with Gasteiger partial charge in [0.1, 0.15) is 11.9 Å². The van der Waals surface area contributed by atoms with Gasteiger partial charge in [0.25, 0.3) is 0 Å². The molecule has 166 valence electrons. The molecule has 0 radical (unpaired) electrons. The number of halogens is 1. The minimum Gasteiger partial charge on any atom is -0.593 e. The number of rotatable bonds is 7. The van der Waals surface area contributed by atoms with Crippen LogP contribution < -0.4 is 15.4 Å². The molecule has 3 fully saturated rings. The average molecular weight is 453 g/mol. The highest BCUT2D eigenvalue weighted by atomic mass is 32.2. The van der Waals surface area contributed by atoms with Gasteiger partial charge in [-0.05, 0) is 77.6 Å². The molecule has 2 aromatic carbocycles. The van der Waals surface area contributed by atoms with Crippen molar-refractivity contribution in [2.24, 2.45) is 17.8 Å². The van der Waals surface area contributed by atoms with Gasteiger partial charge in [-0.3, -0.25) is 4.79 Å². The van der Waals surface area contributed by atoms with Gasteiger partial charge in [0, 0.05) is 19.5 Å². The van der Waals surface area contributed by atoms with E-state index in [1.807, 2.05) is 0 Å². The predicted octanol–water partition coefficient (Wildman–Crippen LogP) is 2.28. The Balaban J connectivity index is 1.23. The number of piperidine rings is 1. The van der Waals surface area contributed by atoms with Gasteiger partial charge in [0.05, 0.1) is 23.5 Å². The van der Waals surface area contributed by atoms with Crippen LogP contribution in [0.25, 0.3) is 11.1 Å². The van der Waals surface area contributed by atoms with E-state index in [1.165, 1.54) is 12.5 Å². The first-order chi connectivity index (χ1) is 15.5. The minimum absolute atomic E-state index is 0.112. The molecule has 3 aliphatic rings. The van der Waals surface area contributed by atoms with Crippen LogP contribution >= 0.6 is 0 Å². The number of benzene rings is 2. The molecule has 6 nitrogen and oxygen atoms in total. The van der Waals surface area contributed by atoms with Crippen LogP contribution in [0.2, 0.25) is 0 Å². The lowest BCUT2D eigenvalue weighted by Crippen LogP contribution is -2.51. The Morgan fingerprint density at radius 1 is 1.22 bits per heavy atom. The van der Waals surface area contributed by atoms with Crippen molar-refractivity contribution < 1.29 is 13.7 Å². The van der Waals surface area contributed by atoms with Crippen LogP contribution in [0.4, 0.5) is 4.39 Å². The third-order valence-electron chi connectivity index (χ3n) is 7.12. The normalized spacial score (nSPS) is 29.1. The maximum atomic E-state index is 14.8. The summed E-state index contributed by atoms with van der Waals surface area (Å²) in [5.74, 6) is 1.21. The maximum Gasteiger partial charge on any atom is 0.238 e. The van der Waals surface area contributed by atoms with Crippen molar-refractivity contribution in [3.63, 3.8) is 0 Å². The van der Waals surface area contributed by atoms with Crippen LogP contribution in [0.5, 0.6) is 0 Å². The number of hydrogen-bond donors (Lipinski definition) is 3. The molecule has 2 aromatic rings. The molecule has 0 aromatic heterocycles. The summed E-state index contributed by atoms with van der Waals surface area (Å²) in [7, 11) is 1.62. The van der Waals surface area contributed by atoms with Crippen molar-refractivity contribution in [1.82, 2.24) is 15.4 Å². The Bertz CT molecular complexity index is 1070. The van der Waals surface area contributed by atoms with Gasteiger partial charge in [0.15, 0.2) is 4.90 Å². The highest BCUT2D eigenvalue weighted by Gasteiger charge is 2.62. The lowest BCUT2D eigenvalue weighted by molar-refractivity contribution is -0.124. The average Bonchev–Trinajstić information content (AvgIpc) is 3.41. The monoisotopic (exact) mass is 452 g/mol. The number of nitrogens with zero attached hydrogens (tertiary/aromatic N) is 1. The second kappa shape index (κ2) is 8.49. The molecule has 8 heteroatoms. The molecule has 1 unspecified atom stereocenters. The lowest BCUT2D eigenvalue weighted by atomic mass is 9.96. The zero-order valence-electron chi connectivity index (χ0n) is 17.7. The zero-order valence-corrected chi connectivity index (χ0v) is 18.5. The van der Waals surface area contributed by atoms with Crippen LogP contribution in [0.3, 0.4) is 0 Å². The first-order valence-corrected chi connectivity index (χ1v) is 12.1. The number of hydrogen-bond acceptors (Lipinski definition) is 5. The number of amides is 1. The first kappa shape index (κ1) is 21.4. The molecule has 7 atom stereocenters. The van der Waals surface area contributed by atoms with Crippen molar-refractivity contribution in [3.8, 4) is 17.2 Å². The van der Waals surface area contributed by atoms with Gasteiger partial charge in [-0.25, -0.2) is 4.39 Å². The maximum absolute atomic E-state index is 14.8. The van der Waals surface area contributed by atoms with Gasteiger partial charge >= 0.3 is 0 Å². The first-order valence-electron chi connectivity index (χ1n) is 10.9. The van der Waals surface area contributed by atoms with E-state index in [-0.39, 0.29) is 18.4 Å². The van der Waals surface area contributed by atoms with Gasteiger partial charge in [-0.1, -0.05) is 12.1 Å². The topological polar surface area (TPSA) is 100 Å². The van der Waals surface area contributed by atoms with Crippen LogP contribution in [0.1, 0.15) is 18.4 Å². The van der Waals surface area contributed by atoms with E-state index in [4.69, 9.17) is 0 Å². The summed E-state index contributed by atoms with van der Waals surface area (Å²) < 4.78 is 29.3. The van der Waals surface area contributed by atoms with Crippen molar-refractivity contribution in [2.75, 3.05) is 7.05 Å². The molecule has 2 bridgehead atoms.